The van der Waals surface area contributed by atoms with Crippen molar-refractivity contribution in [2.75, 3.05) is 27.3 Å². The summed E-state index contributed by atoms with van der Waals surface area (Å²) in [6.45, 7) is 29.9. The van der Waals surface area contributed by atoms with Crippen molar-refractivity contribution in [3.63, 3.8) is 0 Å². The molecule has 0 unspecified atom stereocenters. The van der Waals surface area contributed by atoms with Crippen LogP contribution in [-0.2, 0) is 67.9 Å². The van der Waals surface area contributed by atoms with Gasteiger partial charge in [-0.05, 0) is 268 Å². The van der Waals surface area contributed by atoms with Crippen LogP contribution < -0.4 is 37.9 Å². The molecule has 692 valence electrons. The second kappa shape index (κ2) is 37.8. The normalized spacial score (nSPS) is 27.7. The van der Waals surface area contributed by atoms with E-state index < -0.39 is 111 Å². The van der Waals surface area contributed by atoms with E-state index in [2.05, 4.69) is 23.3 Å². The third kappa shape index (κ3) is 22.3. The molecule has 2 aromatic heterocycles. The molecule has 4 aliphatic heterocycles. The zero-order valence-corrected chi connectivity index (χ0v) is 78.9. The summed E-state index contributed by atoms with van der Waals surface area (Å²) in [4.78, 5) is 138. The molecule has 2 saturated heterocycles. The number of nitrogens with zero attached hydrogens (tertiary/aromatic N) is 6. The van der Waals surface area contributed by atoms with Crippen LogP contribution in [0.1, 0.15) is 226 Å². The van der Waals surface area contributed by atoms with Gasteiger partial charge in [0.05, 0.1) is 118 Å². The number of benzene rings is 4. The van der Waals surface area contributed by atoms with Gasteiger partial charge in [0.1, 0.15) is 46.4 Å². The van der Waals surface area contributed by atoms with Crippen molar-refractivity contribution in [3.8, 4) is 57.5 Å². The van der Waals surface area contributed by atoms with E-state index in [9.17, 15) is 45.6 Å². The van der Waals surface area contributed by atoms with Gasteiger partial charge >= 0.3 is 11.9 Å². The Balaban J connectivity index is 0.000000219. The molecular formula is C98H128N8O20S2. The minimum Gasteiger partial charge on any atom is -0.497 e. The van der Waals surface area contributed by atoms with Crippen LogP contribution in [0.3, 0.4) is 0 Å². The molecule has 128 heavy (non-hydrogen) atoms. The Morgan fingerprint density at radius 1 is 0.500 bits per heavy atom. The first-order valence-corrected chi connectivity index (χ1v) is 48.3. The molecule has 14 rings (SSSR count). The second-order valence-corrected chi connectivity index (χ2v) is 44.6. The smallest absolute Gasteiger partial charge is 0.307 e. The molecule has 4 saturated carbocycles. The summed E-state index contributed by atoms with van der Waals surface area (Å²) in [7, 11) is -4.84. The molecule has 4 aliphatic carbocycles. The lowest BCUT2D eigenvalue weighted by molar-refractivity contribution is -0.160. The number of aromatic nitrogens is 4. The van der Waals surface area contributed by atoms with Crippen LogP contribution in [0.4, 0.5) is 0 Å². The fourth-order valence-electron chi connectivity index (χ4n) is 18.4. The van der Waals surface area contributed by atoms with E-state index in [4.69, 9.17) is 57.8 Å². The summed E-state index contributed by atoms with van der Waals surface area (Å²) >= 11 is 0. The lowest BCUT2D eigenvalue weighted by Gasteiger charge is -2.32. The summed E-state index contributed by atoms with van der Waals surface area (Å²) in [5, 5.41) is 1.18. The third-order valence-electron chi connectivity index (χ3n) is 26.5. The predicted molar refractivity (Wildman–Crippen MR) is 484 cm³/mol. The quantitative estimate of drug-likeness (QED) is 0.0471. The van der Waals surface area contributed by atoms with E-state index in [1.54, 1.807) is 106 Å². The zero-order chi connectivity index (χ0) is 92.7. The van der Waals surface area contributed by atoms with E-state index >= 15 is 9.59 Å². The largest absolute Gasteiger partial charge is 0.497 e. The monoisotopic (exact) mass is 1800 g/mol. The molecule has 8 aliphatic rings. The molecule has 28 nitrogen and oxygen atoms in total. The molecule has 4 aromatic carbocycles. The van der Waals surface area contributed by atoms with Crippen molar-refractivity contribution in [3.05, 3.63) is 109 Å². The minimum absolute atomic E-state index is 0.00415. The summed E-state index contributed by atoms with van der Waals surface area (Å²) in [6, 6.07) is 23.5. The lowest BCUT2D eigenvalue weighted by atomic mass is 9.82. The van der Waals surface area contributed by atoms with Crippen molar-refractivity contribution in [1.29, 1.82) is 0 Å². The van der Waals surface area contributed by atoms with Gasteiger partial charge < -0.3 is 47.7 Å². The molecule has 0 spiro atoms. The number of allylic oxidation sites excluding steroid dienone is 4. The van der Waals surface area contributed by atoms with Gasteiger partial charge in [-0.1, -0.05) is 52.0 Å². The van der Waals surface area contributed by atoms with Crippen molar-refractivity contribution < 1.29 is 93.1 Å². The van der Waals surface area contributed by atoms with E-state index in [0.717, 1.165) is 12.8 Å². The number of rotatable bonds is 22. The van der Waals surface area contributed by atoms with Gasteiger partial charge in [0.2, 0.25) is 55.4 Å². The molecule has 14 atom stereocenters. The van der Waals surface area contributed by atoms with Gasteiger partial charge in [0.25, 0.3) is 0 Å². The van der Waals surface area contributed by atoms with Crippen LogP contribution in [0.5, 0.6) is 34.8 Å². The van der Waals surface area contributed by atoms with Crippen LogP contribution in [0, 0.1) is 58.2 Å². The van der Waals surface area contributed by atoms with Crippen LogP contribution in [-0.4, -0.2) is 178 Å². The van der Waals surface area contributed by atoms with E-state index in [-0.39, 0.29) is 134 Å². The molecule has 0 radical (unpaired) electrons. The maximum absolute atomic E-state index is 15.1. The first-order chi connectivity index (χ1) is 60.2. The standard InChI is InChI=1S/2C49H64N4O10S/c2*1-29(2)61-34-16-14-32(15-17-34)43-50-39-23-35(60-9)18-19-37(39)44(51-43)62-36-24-40-41(54)27-49(46(57)52-64(58,59)48(8)20-21-48)26-33(49)13-11-10-12-30(3)22-31(4)38(45(56)53(40)28-36)25-42(55)63-47(5,6)7/h2*11,13-19,23,29-31,33,36,38,40H,10,12,20-22,24-28H2,1-9H3,(H,52,57)/b2*13-11-/t30-,31+,33+,36+,38-,40-,49+;30-,31-,33-,36-,38+,40+,49-/m01/s1. The van der Waals surface area contributed by atoms with Gasteiger partial charge in [0.15, 0.2) is 23.2 Å². The summed E-state index contributed by atoms with van der Waals surface area (Å²) in [5.74, 6) is -2.61. The molecule has 6 heterocycles. The summed E-state index contributed by atoms with van der Waals surface area (Å²) < 4.78 is 104. The Bertz CT molecular complexity index is 5150. The number of ketones is 2. The maximum Gasteiger partial charge on any atom is 0.307 e. The topological polar surface area (TPSA) is 361 Å². The van der Waals surface area contributed by atoms with Crippen molar-refractivity contribution in [1.82, 2.24) is 39.2 Å². The summed E-state index contributed by atoms with van der Waals surface area (Å²) in [5.41, 5.74) is -1.64. The number of ether oxygens (including phenoxy) is 8. The number of carbonyl (C=O) groups is 8. The Kier molecular flexibility index (Phi) is 28.2. The first kappa shape index (κ1) is 95.5. The molecule has 4 amide bonds. The molecule has 6 fully saturated rings. The Morgan fingerprint density at radius 2 is 0.852 bits per heavy atom. The molecule has 0 bridgehead atoms. The number of fused-ring (bicyclic) bond motifs is 6. The Labute approximate surface area is 752 Å². The maximum atomic E-state index is 15.1. The second-order valence-electron chi connectivity index (χ2n) is 40.2. The molecular weight excluding hydrogens is 1670 g/mol. The minimum atomic E-state index is -3.99. The lowest BCUT2D eigenvalue weighted by Crippen LogP contribution is -2.48. The van der Waals surface area contributed by atoms with Gasteiger partial charge in [-0.2, -0.15) is 9.97 Å². The third-order valence-corrected chi connectivity index (χ3v) is 30.8. The number of esters is 2. The number of nitrogens with one attached hydrogen (secondary N) is 2. The molecule has 6 aromatic rings. The number of sulfonamides is 2. The summed E-state index contributed by atoms with van der Waals surface area (Å²) in [6.07, 6.45) is 12.3. The van der Waals surface area contributed by atoms with E-state index in [1.165, 1.54) is 9.80 Å². The number of carbonyl (C=O) groups excluding carboxylic acids is 8. The van der Waals surface area contributed by atoms with Gasteiger partial charge in [-0.15, -0.1) is 0 Å². The van der Waals surface area contributed by atoms with Gasteiger partial charge in [0, 0.05) is 48.9 Å². The van der Waals surface area contributed by atoms with E-state index in [0.29, 0.717) is 132 Å². The van der Waals surface area contributed by atoms with Crippen LogP contribution in [0.2, 0.25) is 0 Å². The average Bonchev–Trinajstić information content (AvgIpc) is 1.57. The molecule has 30 heteroatoms. The highest BCUT2D eigenvalue weighted by atomic mass is 32.2. The average molecular weight is 1800 g/mol. The first-order valence-electron chi connectivity index (χ1n) is 45.4. The number of Topliss-reactive ketones (excluding diaryl/α,β-unsaturated/α-hetero) is 2. The highest BCUT2D eigenvalue weighted by molar-refractivity contribution is 7.92. The van der Waals surface area contributed by atoms with Crippen molar-refractivity contribution in [2.24, 2.45) is 58.2 Å². The van der Waals surface area contributed by atoms with Gasteiger partial charge in [-0.25, -0.2) is 26.8 Å². The van der Waals surface area contributed by atoms with Crippen molar-refractivity contribution in [2.45, 2.75) is 284 Å². The highest BCUT2D eigenvalue weighted by Gasteiger charge is 2.65. The van der Waals surface area contributed by atoms with Crippen molar-refractivity contribution >= 4 is 89.0 Å². The zero-order valence-electron chi connectivity index (χ0n) is 77.3. The van der Waals surface area contributed by atoms with Crippen LogP contribution >= 0.6 is 0 Å². The number of hydrogen-bond donors (Lipinski definition) is 2. The number of amides is 4. The van der Waals surface area contributed by atoms with Gasteiger partial charge in [-0.3, -0.25) is 47.8 Å². The Hall–Kier alpha value is -10.1. The Morgan fingerprint density at radius 3 is 1.18 bits per heavy atom. The fraction of sp³-hybridized carbons (Fsp3) is 0.592. The number of hydrogen-bond acceptors (Lipinski definition) is 24. The molecule has 2 N–H and O–H groups in total. The fourth-order valence-corrected chi connectivity index (χ4v) is 21.0. The van der Waals surface area contributed by atoms with E-state index in [1.807, 2.05) is 114 Å². The number of methoxy groups -OCH3 is 2. The van der Waals surface area contributed by atoms with Crippen LogP contribution in [0.15, 0.2) is 109 Å². The van der Waals surface area contributed by atoms with Crippen LogP contribution in [0.25, 0.3) is 44.6 Å². The highest BCUT2D eigenvalue weighted by Crippen LogP contribution is 2.60. The SMILES string of the molecule is COc1ccc2c(O[C@@H]3C[C@H]4C(=O)C[C@]5(C(=O)NS(=O)(=O)C6(C)CC6)C[C@H]5/C=C\CC[C@@H](C)C[C@@H](C)[C@H](CC(=O)OC(C)(C)C)C(=O)N4C3)nc(-c3ccc(OC(C)C)cc3)nc2c1.COc1ccc2c(O[C@@H]3C[C@H]4C(=O)C[C@]5(C(=O)NS(=O)(=O)C6(C)CC6)C[C@H]5/C=C\CC[C@H](C)C[C@@H](C)[C@H](CC(=O)OC(C)(C)C)C(=O)N4C3)nc(-c3ccc(OC(C)C)cc3)nc2c1. The predicted octanol–water partition coefficient (Wildman–Crippen LogP) is 15.5.